The highest BCUT2D eigenvalue weighted by atomic mass is 35.5. The summed E-state index contributed by atoms with van der Waals surface area (Å²) in [5.74, 6) is 1.51. The molecule has 31 heavy (non-hydrogen) atoms. The standard InChI is InChI=1S/C22H25ClN6O2/c1-4-24-22(25-13-15-8-10-16(11-9-15)21(30)29(2)3)26-14-19-27-20(28-31-19)17-6-5-7-18(23)12-17/h5-12H,4,13-14H2,1-3H3,(H2,24,25,26). The summed E-state index contributed by atoms with van der Waals surface area (Å²) in [6.07, 6.45) is 0. The summed E-state index contributed by atoms with van der Waals surface area (Å²) in [5.41, 5.74) is 2.43. The zero-order valence-corrected chi connectivity index (χ0v) is 18.5. The first-order valence-corrected chi connectivity index (χ1v) is 10.3. The molecule has 0 fully saturated rings. The first-order valence-electron chi connectivity index (χ1n) is 9.87. The van der Waals surface area contributed by atoms with Gasteiger partial charge in [0.2, 0.25) is 11.7 Å². The summed E-state index contributed by atoms with van der Waals surface area (Å²) in [6, 6.07) is 14.7. The maximum atomic E-state index is 12.0. The van der Waals surface area contributed by atoms with Gasteiger partial charge in [0.15, 0.2) is 5.96 Å². The van der Waals surface area contributed by atoms with Crippen molar-refractivity contribution >= 4 is 23.5 Å². The van der Waals surface area contributed by atoms with Crippen LogP contribution in [-0.2, 0) is 13.1 Å². The number of guanidine groups is 1. The van der Waals surface area contributed by atoms with Crippen LogP contribution in [0.1, 0.15) is 28.7 Å². The number of carbonyl (C=O) groups excluding carboxylic acids is 1. The third-order valence-corrected chi connectivity index (χ3v) is 4.56. The van der Waals surface area contributed by atoms with Gasteiger partial charge < -0.3 is 20.1 Å². The molecule has 0 aliphatic rings. The van der Waals surface area contributed by atoms with Crippen LogP contribution in [0.4, 0.5) is 0 Å². The van der Waals surface area contributed by atoms with Gasteiger partial charge in [-0.3, -0.25) is 4.79 Å². The minimum atomic E-state index is -0.0262. The number of carbonyl (C=O) groups is 1. The van der Waals surface area contributed by atoms with Crippen LogP contribution < -0.4 is 10.6 Å². The fraction of sp³-hybridized carbons (Fsp3) is 0.273. The van der Waals surface area contributed by atoms with Crippen molar-refractivity contribution in [2.24, 2.45) is 4.99 Å². The molecule has 1 heterocycles. The van der Waals surface area contributed by atoms with Crippen LogP contribution in [0.25, 0.3) is 11.4 Å². The van der Waals surface area contributed by atoms with Crippen LogP contribution in [0, 0.1) is 0 Å². The highest BCUT2D eigenvalue weighted by Crippen LogP contribution is 2.19. The topological polar surface area (TPSA) is 95.7 Å². The second-order valence-corrected chi connectivity index (χ2v) is 7.40. The Morgan fingerprint density at radius 2 is 1.94 bits per heavy atom. The van der Waals surface area contributed by atoms with Crippen LogP contribution >= 0.6 is 11.6 Å². The average molecular weight is 441 g/mol. The van der Waals surface area contributed by atoms with E-state index in [2.05, 4.69) is 25.8 Å². The molecule has 2 N–H and O–H groups in total. The third kappa shape index (κ3) is 6.29. The number of hydrogen-bond acceptors (Lipinski definition) is 5. The van der Waals surface area contributed by atoms with Crippen molar-refractivity contribution in [2.75, 3.05) is 20.6 Å². The second kappa shape index (κ2) is 10.6. The lowest BCUT2D eigenvalue weighted by Gasteiger charge is -2.11. The Hall–Kier alpha value is -3.39. The van der Waals surface area contributed by atoms with Crippen LogP contribution in [-0.4, -0.2) is 47.5 Å². The van der Waals surface area contributed by atoms with E-state index in [0.717, 1.165) is 11.1 Å². The minimum absolute atomic E-state index is 0.0262. The SMILES string of the molecule is CCNC(=NCc1ccc(C(=O)N(C)C)cc1)NCc1nc(-c2cccc(Cl)c2)no1. The van der Waals surface area contributed by atoms with E-state index in [4.69, 9.17) is 16.1 Å². The average Bonchev–Trinajstić information content (AvgIpc) is 3.24. The summed E-state index contributed by atoms with van der Waals surface area (Å²) >= 11 is 6.02. The van der Waals surface area contributed by atoms with Gasteiger partial charge in [0.25, 0.3) is 5.91 Å². The van der Waals surface area contributed by atoms with E-state index in [1.807, 2.05) is 43.3 Å². The van der Waals surface area contributed by atoms with Gasteiger partial charge in [-0.2, -0.15) is 4.98 Å². The van der Waals surface area contributed by atoms with Crippen molar-refractivity contribution < 1.29 is 9.32 Å². The lowest BCUT2D eigenvalue weighted by Crippen LogP contribution is -2.36. The Morgan fingerprint density at radius 1 is 1.16 bits per heavy atom. The predicted octanol–water partition coefficient (Wildman–Crippen LogP) is 3.35. The molecule has 3 rings (SSSR count). The number of hydrogen-bond donors (Lipinski definition) is 2. The maximum absolute atomic E-state index is 12.0. The largest absolute Gasteiger partial charge is 0.357 e. The second-order valence-electron chi connectivity index (χ2n) is 6.97. The molecule has 1 amide bonds. The third-order valence-electron chi connectivity index (χ3n) is 4.33. The summed E-state index contributed by atoms with van der Waals surface area (Å²) < 4.78 is 5.32. The van der Waals surface area contributed by atoms with Crippen LogP contribution in [0.3, 0.4) is 0 Å². The summed E-state index contributed by atoms with van der Waals surface area (Å²) in [4.78, 5) is 22.5. The monoisotopic (exact) mass is 440 g/mol. The van der Waals surface area contributed by atoms with Crippen molar-refractivity contribution in [3.05, 3.63) is 70.6 Å². The van der Waals surface area contributed by atoms with E-state index in [9.17, 15) is 4.79 Å². The van der Waals surface area contributed by atoms with Crippen LogP contribution in [0.5, 0.6) is 0 Å². The number of halogens is 1. The quantitative estimate of drug-likeness (QED) is 0.432. The van der Waals surface area contributed by atoms with Crippen molar-refractivity contribution in [3.8, 4) is 11.4 Å². The van der Waals surface area contributed by atoms with Crippen molar-refractivity contribution in [2.45, 2.75) is 20.0 Å². The maximum Gasteiger partial charge on any atom is 0.253 e. The molecule has 9 heteroatoms. The molecule has 162 valence electrons. The molecular formula is C22H25ClN6O2. The fourth-order valence-corrected chi connectivity index (χ4v) is 2.94. The Morgan fingerprint density at radius 3 is 2.61 bits per heavy atom. The Balaban J connectivity index is 1.61. The number of benzene rings is 2. The molecule has 3 aromatic rings. The Labute approximate surface area is 186 Å². The van der Waals surface area contributed by atoms with E-state index >= 15 is 0 Å². The summed E-state index contributed by atoms with van der Waals surface area (Å²) in [6.45, 7) is 3.49. The van der Waals surface area contributed by atoms with Crippen molar-refractivity contribution in [1.29, 1.82) is 0 Å². The first-order chi connectivity index (χ1) is 15.0. The predicted molar refractivity (Wildman–Crippen MR) is 121 cm³/mol. The van der Waals surface area contributed by atoms with Gasteiger partial charge in [-0.25, -0.2) is 4.99 Å². The molecule has 0 saturated heterocycles. The zero-order valence-electron chi connectivity index (χ0n) is 17.7. The Kier molecular flexibility index (Phi) is 7.61. The van der Waals surface area contributed by atoms with Gasteiger partial charge in [-0.05, 0) is 36.8 Å². The van der Waals surface area contributed by atoms with Crippen LogP contribution in [0.15, 0.2) is 58.0 Å². The highest BCUT2D eigenvalue weighted by molar-refractivity contribution is 6.30. The van der Waals surface area contributed by atoms with E-state index in [1.54, 1.807) is 31.1 Å². The molecule has 0 bridgehead atoms. The molecule has 0 saturated carbocycles. The Bertz CT molecular complexity index is 1050. The molecular weight excluding hydrogens is 416 g/mol. The molecule has 1 aromatic heterocycles. The lowest BCUT2D eigenvalue weighted by atomic mass is 10.1. The number of rotatable bonds is 7. The van der Waals surface area contributed by atoms with E-state index < -0.39 is 0 Å². The molecule has 2 aromatic carbocycles. The molecule has 0 atom stereocenters. The first kappa shape index (κ1) is 22.3. The van der Waals surface area contributed by atoms with Gasteiger partial charge in [0.05, 0.1) is 13.1 Å². The number of aliphatic imine (C=N–C) groups is 1. The number of nitrogens with one attached hydrogen (secondary N) is 2. The van der Waals surface area contributed by atoms with Gasteiger partial charge in [-0.1, -0.05) is 41.0 Å². The van der Waals surface area contributed by atoms with E-state index in [1.165, 1.54) is 0 Å². The van der Waals surface area contributed by atoms with Gasteiger partial charge in [0, 0.05) is 36.8 Å². The molecule has 8 nitrogen and oxygen atoms in total. The van der Waals surface area contributed by atoms with Crippen molar-refractivity contribution in [3.63, 3.8) is 0 Å². The molecule has 0 aliphatic heterocycles. The van der Waals surface area contributed by atoms with Gasteiger partial charge in [0.1, 0.15) is 0 Å². The molecule has 0 radical (unpaired) electrons. The smallest absolute Gasteiger partial charge is 0.253 e. The number of amides is 1. The zero-order chi connectivity index (χ0) is 22.2. The van der Waals surface area contributed by atoms with E-state index in [0.29, 0.717) is 47.9 Å². The molecule has 0 aliphatic carbocycles. The lowest BCUT2D eigenvalue weighted by molar-refractivity contribution is 0.0827. The highest BCUT2D eigenvalue weighted by Gasteiger charge is 2.10. The summed E-state index contributed by atoms with van der Waals surface area (Å²) in [7, 11) is 3.46. The molecule has 0 unspecified atom stereocenters. The summed E-state index contributed by atoms with van der Waals surface area (Å²) in [5, 5.41) is 11.0. The normalized spacial score (nSPS) is 11.3. The van der Waals surface area contributed by atoms with Crippen molar-refractivity contribution in [1.82, 2.24) is 25.7 Å². The van der Waals surface area contributed by atoms with Gasteiger partial charge >= 0.3 is 0 Å². The number of aromatic nitrogens is 2. The fourth-order valence-electron chi connectivity index (χ4n) is 2.75. The van der Waals surface area contributed by atoms with Gasteiger partial charge in [-0.15, -0.1) is 0 Å². The minimum Gasteiger partial charge on any atom is -0.357 e. The number of nitrogens with zero attached hydrogens (tertiary/aromatic N) is 4. The van der Waals surface area contributed by atoms with E-state index in [-0.39, 0.29) is 5.91 Å². The van der Waals surface area contributed by atoms with Crippen LogP contribution in [0.2, 0.25) is 5.02 Å². The molecule has 0 spiro atoms.